The van der Waals surface area contributed by atoms with Gasteiger partial charge in [0.2, 0.25) is 0 Å². The average Bonchev–Trinajstić information content (AvgIpc) is 2.86. The number of rotatable bonds is 2. The van der Waals surface area contributed by atoms with Gasteiger partial charge in [0.15, 0.2) is 0 Å². The van der Waals surface area contributed by atoms with E-state index < -0.39 is 6.18 Å². The van der Waals surface area contributed by atoms with Gasteiger partial charge in [0.25, 0.3) is 0 Å². The Morgan fingerprint density at radius 2 is 1.71 bits per heavy atom. The first-order valence-electron chi connectivity index (χ1n) is 6.99. The number of benzene rings is 2. The molecule has 3 nitrogen and oxygen atoms in total. The molecule has 1 N–H and O–H groups in total. The van der Waals surface area contributed by atoms with E-state index in [1.54, 1.807) is 41.0 Å². The predicted octanol–water partition coefficient (Wildman–Crippen LogP) is 4.78. The summed E-state index contributed by atoms with van der Waals surface area (Å²) in [6.45, 7) is 0. The summed E-state index contributed by atoms with van der Waals surface area (Å²) in [5.41, 5.74) is 1.47. The fourth-order valence-electron chi connectivity index (χ4n) is 2.59. The van der Waals surface area contributed by atoms with Crippen molar-refractivity contribution < 1.29 is 18.3 Å². The van der Waals surface area contributed by atoms with Gasteiger partial charge in [-0.15, -0.1) is 0 Å². The van der Waals surface area contributed by atoms with Crippen LogP contribution in [0.4, 0.5) is 13.2 Å². The molecule has 0 saturated heterocycles. The van der Waals surface area contributed by atoms with E-state index in [1.807, 2.05) is 6.07 Å². The van der Waals surface area contributed by atoms with Crippen LogP contribution >= 0.6 is 0 Å². The van der Waals surface area contributed by atoms with E-state index in [4.69, 9.17) is 0 Å². The summed E-state index contributed by atoms with van der Waals surface area (Å²) in [4.78, 5) is 0. The van der Waals surface area contributed by atoms with Gasteiger partial charge in [-0.25, -0.2) is 0 Å². The molecule has 1 heterocycles. The highest BCUT2D eigenvalue weighted by atomic mass is 19.4. The van der Waals surface area contributed by atoms with E-state index >= 15 is 0 Å². The molecule has 0 radical (unpaired) electrons. The normalized spacial score (nSPS) is 11.9. The second kappa shape index (κ2) is 5.78. The largest absolute Gasteiger partial charge is 0.508 e. The second-order valence-corrected chi connectivity index (χ2v) is 5.12. The molecule has 0 aliphatic heterocycles. The fourth-order valence-corrected chi connectivity index (χ4v) is 2.59. The van der Waals surface area contributed by atoms with Gasteiger partial charge in [0.05, 0.1) is 16.8 Å². The van der Waals surface area contributed by atoms with Crippen molar-refractivity contribution in [2.45, 2.75) is 6.18 Å². The smallest absolute Gasteiger partial charge is 0.409 e. The van der Waals surface area contributed by atoms with Crippen molar-refractivity contribution in [3.05, 3.63) is 65.9 Å². The molecule has 0 saturated carbocycles. The lowest BCUT2D eigenvalue weighted by molar-refractivity contribution is -0.0790. The van der Waals surface area contributed by atoms with Gasteiger partial charge in [0.1, 0.15) is 11.8 Å². The molecule has 3 aromatic rings. The van der Waals surface area contributed by atoms with Gasteiger partial charge in [-0.05, 0) is 36.4 Å². The summed E-state index contributed by atoms with van der Waals surface area (Å²) in [6.07, 6.45) is -3.48. The molecule has 0 aliphatic carbocycles. The van der Waals surface area contributed by atoms with Gasteiger partial charge >= 0.3 is 6.18 Å². The molecule has 0 atom stereocenters. The minimum atomic E-state index is -4.48. The Labute approximate surface area is 135 Å². The lowest BCUT2D eigenvalue weighted by atomic mass is 10.1. The maximum atomic E-state index is 12.6. The summed E-state index contributed by atoms with van der Waals surface area (Å²) in [5.74, 6) is 0.0445. The van der Waals surface area contributed by atoms with Crippen molar-refractivity contribution in [1.29, 1.82) is 5.26 Å². The number of aromatic nitrogens is 1. The van der Waals surface area contributed by atoms with E-state index in [9.17, 15) is 23.5 Å². The highest BCUT2D eigenvalue weighted by Gasteiger charge is 2.24. The number of fused-ring (bicyclic) bond motifs is 1. The molecular formula is C18H11F3N2O. The molecule has 0 unspecified atom stereocenters. The Morgan fingerprint density at radius 3 is 2.33 bits per heavy atom. The van der Waals surface area contributed by atoms with E-state index in [2.05, 4.69) is 0 Å². The third kappa shape index (κ3) is 2.84. The van der Waals surface area contributed by atoms with Crippen LogP contribution in [0, 0.1) is 11.3 Å². The second-order valence-electron chi connectivity index (χ2n) is 5.12. The Hall–Kier alpha value is -3.20. The molecule has 2 aromatic carbocycles. The quantitative estimate of drug-likeness (QED) is 0.736. The van der Waals surface area contributed by atoms with Gasteiger partial charge in [-0.2, -0.15) is 18.4 Å². The van der Waals surface area contributed by atoms with Gasteiger partial charge < -0.3 is 9.67 Å². The lowest BCUT2D eigenvalue weighted by Gasteiger charge is -2.09. The standard InChI is InChI=1S/C18H11F3N2O/c19-18(20,21)10-9-17-15(11-22)14-3-1-2-4-16(14)23(17)12-5-7-13(24)8-6-12/h1-10,24H/b10-9-. The number of phenols is 1. The Kier molecular flexibility index (Phi) is 3.78. The Morgan fingerprint density at radius 1 is 1.04 bits per heavy atom. The summed E-state index contributed by atoms with van der Waals surface area (Å²) in [6, 6.07) is 14.9. The van der Waals surface area contributed by atoms with Crippen LogP contribution in [0.15, 0.2) is 54.6 Å². The highest BCUT2D eigenvalue weighted by molar-refractivity contribution is 5.92. The summed E-state index contributed by atoms with van der Waals surface area (Å²) in [7, 11) is 0. The van der Waals surface area contributed by atoms with E-state index in [1.165, 1.54) is 12.1 Å². The van der Waals surface area contributed by atoms with Crippen molar-refractivity contribution in [2.75, 3.05) is 0 Å². The Bertz CT molecular complexity index is 961. The minimum Gasteiger partial charge on any atom is -0.508 e. The maximum Gasteiger partial charge on any atom is 0.409 e. The molecule has 0 amide bonds. The average molecular weight is 328 g/mol. The molecule has 24 heavy (non-hydrogen) atoms. The van der Waals surface area contributed by atoms with Crippen molar-refractivity contribution in [1.82, 2.24) is 4.57 Å². The molecule has 0 bridgehead atoms. The van der Waals surface area contributed by atoms with Crippen molar-refractivity contribution in [2.24, 2.45) is 0 Å². The molecule has 0 spiro atoms. The zero-order valence-corrected chi connectivity index (χ0v) is 12.2. The van der Waals surface area contributed by atoms with Crippen LogP contribution < -0.4 is 0 Å². The van der Waals surface area contributed by atoms with Gasteiger partial charge in [-0.3, -0.25) is 0 Å². The molecule has 1 aromatic heterocycles. The zero-order chi connectivity index (χ0) is 17.3. The zero-order valence-electron chi connectivity index (χ0n) is 12.2. The van der Waals surface area contributed by atoms with Crippen LogP contribution in [0.25, 0.3) is 22.7 Å². The van der Waals surface area contributed by atoms with Crippen LogP contribution in [-0.4, -0.2) is 15.8 Å². The van der Waals surface area contributed by atoms with E-state index in [0.29, 0.717) is 16.6 Å². The van der Waals surface area contributed by atoms with Crippen LogP contribution in [0.1, 0.15) is 11.3 Å². The number of nitrogens with zero attached hydrogens (tertiary/aromatic N) is 2. The summed E-state index contributed by atoms with van der Waals surface area (Å²) in [5, 5.41) is 19.4. The first-order chi connectivity index (χ1) is 11.4. The molecule has 0 aliphatic rings. The van der Waals surface area contributed by atoms with E-state index in [0.717, 1.165) is 6.08 Å². The van der Waals surface area contributed by atoms with Crippen molar-refractivity contribution in [3.63, 3.8) is 0 Å². The van der Waals surface area contributed by atoms with Gasteiger partial charge in [-0.1, -0.05) is 18.2 Å². The topological polar surface area (TPSA) is 49.0 Å². The van der Waals surface area contributed by atoms with Gasteiger partial charge in [0, 0.05) is 17.1 Å². The van der Waals surface area contributed by atoms with Crippen molar-refractivity contribution in [3.8, 4) is 17.5 Å². The molecule has 120 valence electrons. The van der Waals surface area contributed by atoms with Crippen molar-refractivity contribution >= 4 is 17.0 Å². The number of nitriles is 1. The third-order valence-electron chi connectivity index (χ3n) is 3.56. The number of hydrogen-bond acceptors (Lipinski definition) is 2. The number of para-hydroxylation sites is 1. The molecule has 6 heteroatoms. The number of alkyl halides is 3. The number of aromatic hydroxyl groups is 1. The minimum absolute atomic E-state index is 0.0445. The van der Waals surface area contributed by atoms with E-state index in [-0.39, 0.29) is 23.1 Å². The fraction of sp³-hybridized carbons (Fsp3) is 0.0556. The van der Waals surface area contributed by atoms with Crippen LogP contribution in [0.2, 0.25) is 0 Å². The highest BCUT2D eigenvalue weighted by Crippen LogP contribution is 2.31. The molecule has 0 fully saturated rings. The van der Waals surface area contributed by atoms with Crippen LogP contribution in [0.5, 0.6) is 5.75 Å². The van der Waals surface area contributed by atoms with Crippen LogP contribution in [0.3, 0.4) is 0 Å². The SMILES string of the molecule is N#Cc1c(/C=C\C(F)(F)F)n(-c2ccc(O)cc2)c2ccccc12. The summed E-state index contributed by atoms with van der Waals surface area (Å²) < 4.78 is 39.4. The lowest BCUT2D eigenvalue weighted by Crippen LogP contribution is -2.02. The monoisotopic (exact) mass is 328 g/mol. The summed E-state index contributed by atoms with van der Waals surface area (Å²) >= 11 is 0. The first kappa shape index (κ1) is 15.7. The molecular weight excluding hydrogens is 317 g/mol. The number of phenolic OH excluding ortho intramolecular Hbond substituents is 1. The molecule has 3 rings (SSSR count). The Balaban J connectivity index is 2.35. The first-order valence-corrected chi connectivity index (χ1v) is 6.99. The predicted molar refractivity (Wildman–Crippen MR) is 84.7 cm³/mol. The number of allylic oxidation sites excluding steroid dienone is 1. The number of hydrogen-bond donors (Lipinski definition) is 1. The van der Waals surface area contributed by atoms with Crippen LogP contribution in [-0.2, 0) is 0 Å². The maximum absolute atomic E-state index is 12.6. The third-order valence-corrected chi connectivity index (χ3v) is 3.56. The number of halogens is 3.